The van der Waals surface area contributed by atoms with Gasteiger partial charge in [0.2, 0.25) is 6.29 Å². The number of phenols is 1. The molecule has 9 heteroatoms. The van der Waals surface area contributed by atoms with Crippen LogP contribution in [-0.2, 0) is 11.3 Å². The molecular weight excluding hydrogens is 422 g/mol. The average Bonchev–Trinajstić information content (AvgIpc) is 3.37. The van der Waals surface area contributed by atoms with Crippen molar-refractivity contribution in [3.05, 3.63) is 30.4 Å². The number of nitrogens with one attached hydrogen (secondary N) is 2. The molecule has 0 aliphatic carbocycles. The first-order valence-electron chi connectivity index (χ1n) is 10.5. The predicted octanol–water partition coefficient (Wildman–Crippen LogP) is 4.76. The number of H-pyrrole nitrogens is 1. The van der Waals surface area contributed by atoms with E-state index in [-0.39, 0.29) is 12.0 Å². The van der Waals surface area contributed by atoms with Gasteiger partial charge < -0.3 is 19.6 Å². The van der Waals surface area contributed by atoms with Crippen molar-refractivity contribution in [2.75, 3.05) is 17.8 Å². The van der Waals surface area contributed by atoms with Gasteiger partial charge in [0.25, 0.3) is 0 Å². The van der Waals surface area contributed by atoms with E-state index in [9.17, 15) is 5.11 Å². The van der Waals surface area contributed by atoms with Gasteiger partial charge in [-0.3, -0.25) is 10.3 Å². The standard InChI is InChI=1S/C21H31N3O4S2/c25-18-12-20-19(27-21(28-20)7-4-5-15-13-22-14-23-15)11-17(18)24-26-9-3-1-2-6-16(30)8-10-29/h11-14,16,21,24-25,29-30H,1-10H2,(H,22,23). The molecule has 166 valence electrons. The molecule has 1 aromatic heterocycles. The maximum atomic E-state index is 10.2. The first-order chi connectivity index (χ1) is 14.7. The number of aromatic nitrogens is 2. The maximum absolute atomic E-state index is 10.2. The van der Waals surface area contributed by atoms with E-state index in [1.165, 1.54) is 0 Å². The molecular formula is C21H31N3O4S2. The number of imidazole rings is 1. The molecule has 3 rings (SSSR count). The summed E-state index contributed by atoms with van der Waals surface area (Å²) >= 11 is 8.77. The third kappa shape index (κ3) is 7.21. The van der Waals surface area contributed by atoms with Gasteiger partial charge in [-0.25, -0.2) is 4.98 Å². The summed E-state index contributed by atoms with van der Waals surface area (Å²) in [6, 6.07) is 3.27. The Bertz CT molecular complexity index is 761. The maximum Gasteiger partial charge on any atom is 0.241 e. The van der Waals surface area contributed by atoms with Gasteiger partial charge in [-0.1, -0.05) is 12.8 Å². The van der Waals surface area contributed by atoms with Crippen molar-refractivity contribution in [2.45, 2.75) is 62.9 Å². The number of aromatic hydroxyl groups is 1. The number of anilines is 1. The van der Waals surface area contributed by atoms with Crippen LogP contribution in [0.1, 0.15) is 50.6 Å². The molecule has 0 bridgehead atoms. The molecule has 0 saturated carbocycles. The zero-order valence-electron chi connectivity index (χ0n) is 17.0. The van der Waals surface area contributed by atoms with E-state index in [2.05, 4.69) is 40.7 Å². The van der Waals surface area contributed by atoms with Gasteiger partial charge in [0.1, 0.15) is 11.4 Å². The van der Waals surface area contributed by atoms with Gasteiger partial charge in [0.15, 0.2) is 11.5 Å². The number of nitrogens with zero attached hydrogens (tertiary/aromatic N) is 1. The fourth-order valence-corrected chi connectivity index (χ4v) is 4.10. The van der Waals surface area contributed by atoms with E-state index in [1.807, 2.05) is 6.20 Å². The highest BCUT2D eigenvalue weighted by Gasteiger charge is 2.25. The minimum Gasteiger partial charge on any atom is -0.506 e. The number of ether oxygens (including phenoxy) is 2. The van der Waals surface area contributed by atoms with Crippen LogP contribution in [0.4, 0.5) is 5.69 Å². The number of rotatable bonds is 14. The summed E-state index contributed by atoms with van der Waals surface area (Å²) in [6.07, 6.45) is 11.0. The van der Waals surface area contributed by atoms with Crippen molar-refractivity contribution < 1.29 is 19.4 Å². The van der Waals surface area contributed by atoms with Crippen LogP contribution in [0.25, 0.3) is 0 Å². The lowest BCUT2D eigenvalue weighted by Gasteiger charge is -2.10. The van der Waals surface area contributed by atoms with E-state index in [0.717, 1.165) is 62.8 Å². The molecule has 2 atom stereocenters. The van der Waals surface area contributed by atoms with Crippen LogP contribution >= 0.6 is 25.3 Å². The number of benzene rings is 1. The Labute approximate surface area is 188 Å². The Hall–Kier alpha value is -1.71. The van der Waals surface area contributed by atoms with Gasteiger partial charge in [-0.15, -0.1) is 0 Å². The van der Waals surface area contributed by atoms with Gasteiger partial charge in [-0.05, 0) is 37.9 Å². The summed E-state index contributed by atoms with van der Waals surface area (Å²) in [5.41, 5.74) is 4.38. The molecule has 1 aliphatic heterocycles. The Morgan fingerprint density at radius 2 is 2.00 bits per heavy atom. The van der Waals surface area contributed by atoms with E-state index in [1.54, 1.807) is 18.5 Å². The van der Waals surface area contributed by atoms with Crippen molar-refractivity contribution >= 4 is 30.9 Å². The Morgan fingerprint density at radius 1 is 1.17 bits per heavy atom. The van der Waals surface area contributed by atoms with Crippen LogP contribution in [0.5, 0.6) is 17.2 Å². The SMILES string of the molecule is Oc1cc2c(cc1NOCCCCCC(S)CCS)OC(CCCc1cnc[nH]1)O2. The van der Waals surface area contributed by atoms with E-state index in [4.69, 9.17) is 14.3 Å². The van der Waals surface area contributed by atoms with Crippen molar-refractivity contribution in [1.82, 2.24) is 9.97 Å². The third-order valence-corrected chi connectivity index (χ3v) is 5.72. The fraction of sp³-hybridized carbons (Fsp3) is 0.571. The third-order valence-electron chi connectivity index (χ3n) is 4.95. The Morgan fingerprint density at radius 3 is 2.77 bits per heavy atom. The van der Waals surface area contributed by atoms with Crippen LogP contribution in [0, 0.1) is 0 Å². The minimum atomic E-state index is -0.350. The lowest BCUT2D eigenvalue weighted by Crippen LogP contribution is -2.17. The van der Waals surface area contributed by atoms with Crippen LogP contribution in [0.2, 0.25) is 0 Å². The zero-order chi connectivity index (χ0) is 21.2. The molecule has 30 heavy (non-hydrogen) atoms. The molecule has 7 nitrogen and oxygen atoms in total. The number of aryl methyl sites for hydroxylation is 1. The van der Waals surface area contributed by atoms with Crippen LogP contribution in [0.15, 0.2) is 24.7 Å². The zero-order valence-corrected chi connectivity index (χ0v) is 18.8. The molecule has 2 aromatic rings. The van der Waals surface area contributed by atoms with Crippen LogP contribution in [-0.4, -0.2) is 39.0 Å². The number of hydrogen-bond donors (Lipinski definition) is 5. The molecule has 0 radical (unpaired) electrons. The highest BCUT2D eigenvalue weighted by atomic mass is 32.1. The molecule has 0 fully saturated rings. The van der Waals surface area contributed by atoms with Crippen molar-refractivity contribution in [3.63, 3.8) is 0 Å². The number of phenolic OH excluding ortho intramolecular Hbond substituents is 1. The summed E-state index contributed by atoms with van der Waals surface area (Å²) < 4.78 is 11.6. The second-order valence-electron chi connectivity index (χ2n) is 7.42. The number of unbranched alkanes of at least 4 members (excludes halogenated alkanes) is 2. The number of hydrogen-bond acceptors (Lipinski definition) is 8. The van der Waals surface area contributed by atoms with Crippen LogP contribution in [0.3, 0.4) is 0 Å². The second-order valence-corrected chi connectivity index (χ2v) is 8.59. The molecule has 1 aliphatic rings. The molecule has 0 amide bonds. The monoisotopic (exact) mass is 453 g/mol. The highest BCUT2D eigenvalue weighted by molar-refractivity contribution is 7.81. The largest absolute Gasteiger partial charge is 0.506 e. The summed E-state index contributed by atoms with van der Waals surface area (Å²) in [4.78, 5) is 12.6. The highest BCUT2D eigenvalue weighted by Crippen LogP contribution is 2.42. The molecule has 0 saturated heterocycles. The average molecular weight is 454 g/mol. The molecule has 2 heterocycles. The van der Waals surface area contributed by atoms with E-state index in [0.29, 0.717) is 29.0 Å². The van der Waals surface area contributed by atoms with Crippen molar-refractivity contribution in [3.8, 4) is 17.2 Å². The first kappa shape index (κ1) is 23.0. The lowest BCUT2D eigenvalue weighted by molar-refractivity contribution is 0.0402. The number of aromatic amines is 1. The molecule has 0 spiro atoms. The summed E-state index contributed by atoms with van der Waals surface area (Å²) in [7, 11) is 0. The normalized spacial score (nSPS) is 16.0. The second kappa shape index (κ2) is 12.2. The Balaban J connectivity index is 1.34. The molecule has 3 N–H and O–H groups in total. The van der Waals surface area contributed by atoms with Gasteiger partial charge in [0, 0.05) is 35.7 Å². The summed E-state index contributed by atoms with van der Waals surface area (Å²) in [5.74, 6) is 2.10. The topological polar surface area (TPSA) is 88.6 Å². The van der Waals surface area contributed by atoms with Crippen molar-refractivity contribution in [1.29, 1.82) is 0 Å². The number of fused-ring (bicyclic) bond motifs is 1. The first-order valence-corrected chi connectivity index (χ1v) is 11.6. The minimum absolute atomic E-state index is 0.0696. The number of thiol groups is 2. The summed E-state index contributed by atoms with van der Waals surface area (Å²) in [6.45, 7) is 0.563. The molecule has 2 unspecified atom stereocenters. The van der Waals surface area contributed by atoms with Crippen molar-refractivity contribution in [2.24, 2.45) is 0 Å². The smallest absolute Gasteiger partial charge is 0.241 e. The van der Waals surface area contributed by atoms with Gasteiger partial charge in [-0.2, -0.15) is 25.3 Å². The quantitative estimate of drug-likeness (QED) is 0.123. The molecule has 1 aromatic carbocycles. The van der Waals surface area contributed by atoms with Crippen LogP contribution < -0.4 is 15.0 Å². The van der Waals surface area contributed by atoms with Gasteiger partial charge >= 0.3 is 0 Å². The van der Waals surface area contributed by atoms with Gasteiger partial charge in [0.05, 0.1) is 12.9 Å². The Kier molecular flexibility index (Phi) is 9.35. The predicted molar refractivity (Wildman–Crippen MR) is 124 cm³/mol. The lowest BCUT2D eigenvalue weighted by atomic mass is 10.1. The van der Waals surface area contributed by atoms with E-state index < -0.39 is 0 Å². The summed E-state index contributed by atoms with van der Waals surface area (Å²) in [5, 5.41) is 10.6. The van der Waals surface area contributed by atoms with E-state index >= 15 is 0 Å². The fourth-order valence-electron chi connectivity index (χ4n) is 3.27.